The normalized spacial score (nSPS) is 21.5. The Morgan fingerprint density at radius 2 is 0.793 bits per heavy atom. The van der Waals surface area contributed by atoms with Crippen LogP contribution in [0.2, 0.25) is 19.6 Å². The number of ether oxygens (including phenoxy) is 7. The Kier molecular flexibility index (Phi) is 51.7. The van der Waals surface area contributed by atoms with Crippen molar-refractivity contribution in [2.45, 2.75) is 362 Å². The summed E-state index contributed by atoms with van der Waals surface area (Å²) in [6, 6.07) is 49.3. The van der Waals surface area contributed by atoms with Gasteiger partial charge in [0.05, 0.1) is 42.0 Å². The van der Waals surface area contributed by atoms with Crippen LogP contribution in [0.1, 0.15) is 275 Å². The molecule has 6 aromatic carbocycles. The van der Waals surface area contributed by atoms with E-state index < -0.39 is 84.2 Å². The van der Waals surface area contributed by atoms with Gasteiger partial charge in [-0.3, -0.25) is 14.5 Å². The summed E-state index contributed by atoms with van der Waals surface area (Å²) in [6.07, 6.45) is 19.2. The minimum Gasteiger partial charge on any atom is -0.859 e. The summed E-state index contributed by atoms with van der Waals surface area (Å²) in [5.74, 6) is -1.63. The fourth-order valence-electron chi connectivity index (χ4n) is 18.2. The van der Waals surface area contributed by atoms with Crippen molar-refractivity contribution in [1.82, 2.24) is 41.3 Å². The topological polar surface area (TPSA) is 370 Å². The predicted molar refractivity (Wildman–Crippen MR) is 601 cm³/mol. The number of carbonyl (C=O) groups is 8. The number of nitrogens with zero attached hydrogens (tertiary/aromatic N) is 4. The van der Waals surface area contributed by atoms with Crippen LogP contribution in [0.4, 0.5) is 28.8 Å². The molecule has 1 saturated carbocycles. The first-order valence-electron chi connectivity index (χ1n) is 51.5. The molecule has 1 heterocycles. The van der Waals surface area contributed by atoms with Crippen molar-refractivity contribution in [3.8, 4) is 0 Å². The number of rotatable bonds is 15. The van der Waals surface area contributed by atoms with Gasteiger partial charge in [-0.25, -0.2) is 38.6 Å². The summed E-state index contributed by atoms with van der Waals surface area (Å²) in [5.41, 5.74) is 22.2. The zero-order valence-corrected chi connectivity index (χ0v) is 101. The van der Waals surface area contributed by atoms with E-state index in [2.05, 4.69) is 209 Å². The Labute approximate surface area is 951 Å². The van der Waals surface area contributed by atoms with Crippen molar-refractivity contribution in [1.29, 1.82) is 0 Å². The van der Waals surface area contributed by atoms with Gasteiger partial charge in [-0.2, -0.15) is 0 Å². The van der Waals surface area contributed by atoms with Crippen molar-refractivity contribution in [3.05, 3.63) is 242 Å². The molecule has 0 spiro atoms. The number of isocyanates is 1. The molecule has 7 aliphatic rings. The van der Waals surface area contributed by atoms with E-state index in [0.29, 0.717) is 50.5 Å². The van der Waals surface area contributed by atoms with E-state index in [1.807, 2.05) is 191 Å². The van der Waals surface area contributed by atoms with Crippen LogP contribution in [0.25, 0.3) is 27.9 Å². The third kappa shape index (κ3) is 47.6. The molecule has 818 valence electrons. The maximum absolute atomic E-state index is 12.5. The Bertz CT molecular complexity index is 5580. The molecule has 0 aromatic heterocycles. The molecule has 1 saturated heterocycles. The summed E-state index contributed by atoms with van der Waals surface area (Å²) in [7, 11) is 6.45. The second-order valence-corrected chi connectivity index (χ2v) is 51.9. The number of cyclic esters (lactones) is 1. The number of esters is 1. The van der Waals surface area contributed by atoms with Gasteiger partial charge in [0.1, 0.15) is 33.6 Å². The van der Waals surface area contributed by atoms with E-state index in [1.165, 1.54) is 55.0 Å². The minimum absolute atomic E-state index is 0. The fraction of sp³-hybridized carbons (Fsp3) is 0.534. The number of carboxylic acid groups (broad SMARTS) is 1. The number of carboxylic acids is 1. The number of benzene rings is 6. The Morgan fingerprint density at radius 1 is 0.453 bits per heavy atom. The first-order chi connectivity index (χ1) is 68.7. The number of nitrogens with one attached hydrogen (secondary N) is 5. The quantitative estimate of drug-likeness (QED) is 0.0165. The van der Waals surface area contributed by atoms with Gasteiger partial charge in [-0.15, -0.1) is 12.4 Å². The number of hydrogen-bond donors (Lipinski definition) is 7. The molecule has 13 atom stereocenters. The van der Waals surface area contributed by atoms with Crippen LogP contribution in [0.3, 0.4) is 0 Å². The van der Waals surface area contributed by atoms with E-state index in [-0.39, 0.29) is 143 Å². The van der Waals surface area contributed by atoms with Gasteiger partial charge in [-0.1, -0.05) is 236 Å². The third-order valence-electron chi connectivity index (χ3n) is 24.8. The molecular weight excluding hydrogens is 2030 g/mol. The first kappa shape index (κ1) is 131. The largest absolute Gasteiger partial charge is 1.00 e. The summed E-state index contributed by atoms with van der Waals surface area (Å²) >= 11 is 3.48. The van der Waals surface area contributed by atoms with Crippen LogP contribution >= 0.6 is 28.3 Å². The average Bonchev–Trinajstić information content (AvgIpc) is 0.776. The molecule has 6 aliphatic carbocycles. The molecule has 150 heavy (non-hydrogen) atoms. The molecule has 28 nitrogen and oxygen atoms in total. The van der Waals surface area contributed by atoms with Crippen molar-refractivity contribution in [2.75, 3.05) is 34.9 Å². The molecule has 8 N–H and O–H groups in total. The van der Waals surface area contributed by atoms with Crippen LogP contribution in [0.5, 0.6) is 0 Å². The van der Waals surface area contributed by atoms with Crippen LogP contribution in [0.15, 0.2) is 185 Å². The average molecular weight is 2200 g/mol. The summed E-state index contributed by atoms with van der Waals surface area (Å²) in [4.78, 5) is 127. The molecule has 13 rings (SSSR count). The van der Waals surface area contributed by atoms with Gasteiger partial charge in [0, 0.05) is 34.7 Å². The Hall–Kier alpha value is -9.58. The summed E-state index contributed by atoms with van der Waals surface area (Å²) < 4.78 is 38.3. The minimum atomic E-state index is -1.86. The zero-order chi connectivity index (χ0) is 110. The van der Waals surface area contributed by atoms with Gasteiger partial charge in [-0.05, 0) is 350 Å². The molecule has 7 unspecified atom stereocenters. The van der Waals surface area contributed by atoms with Crippen LogP contribution in [-0.4, -0.2) is 212 Å². The second-order valence-electron chi connectivity index (χ2n) is 46.8. The standard InChI is InChI=1S/C20H32N2O2.C20H30N2O2.C19H22BrNO4.C19H24N2O3.C19H25NO4.C18H26N2O2.C3H9OSi.ClH.K/c2*1-14-8-7-9-15(12-14)16-10-11-17(18(13-16)22(5)6)21-19(23)24-20(2,3)4;1-19(2,3)25-18(23)21-11-24-17(22)15-10-13(7-8-16(15)21)12-5-4-6-14(20)9-12;1-13-6-5-7-14(10-13)15-8-9-16(17(11-15)20-12-22)21-18(23)24-19(2,3)4;1-12-6-5-7-13(10-12)14-8-9-16(15(11-14)17(21)22)20-18(23)24-19(2,3)4;1-12-6-5-7-13(10-12)14-8-9-16(15(19)11-14)20-17(21)22-18(2,3)4;1-5(2,3)4;;/h7-9,12,16-18H,10-11,13H2,1-6H3,(H,21,23);7-10,12,17-18H,11,13H2,1-6H3,(H,21,23);4-7,9,15-16H,8,10-11H2,1-3H3;5-8,10,16-17H,9,11H2,1-4H3,(H,21,23);5-8,10,15-16H,9,11H2,1-4H3,(H,20,23)(H,21,22);5-8,10,15-16H,9,11,19H2,1-4H3,(H,20,21);1-3H3;1H;/q;;;;;;-1;;+1/t16?,17?,18-;17?,18-;15-,16?;16?,17-;2*15-,16?;;;/m000000.../s1. The molecule has 0 radical (unpaired) electrons. The monoisotopic (exact) mass is 2200 g/mol. The number of hydrogen-bond acceptors (Lipinski definition) is 21. The number of aliphatic carboxylic acids is 1. The van der Waals surface area contributed by atoms with E-state index in [0.717, 1.165) is 88.4 Å². The van der Waals surface area contributed by atoms with E-state index in [9.17, 15) is 53.1 Å². The number of halogens is 2. The molecule has 2 fully saturated rings. The van der Waals surface area contributed by atoms with Crippen LogP contribution in [-0.2, 0) is 47.5 Å². The Balaban J connectivity index is 0.000000312. The van der Waals surface area contributed by atoms with E-state index in [1.54, 1.807) is 46.5 Å². The van der Waals surface area contributed by atoms with Gasteiger partial charge in [0.2, 0.25) is 6.08 Å². The fourth-order valence-corrected chi connectivity index (χ4v) is 18.6. The van der Waals surface area contributed by atoms with Crippen LogP contribution < -0.4 is 88.5 Å². The number of amides is 6. The molecule has 1 aliphatic heterocycles. The molecular formula is C118H169BrClKN10O18Si. The third-order valence-corrected chi connectivity index (χ3v) is 25.3. The molecule has 6 amide bonds. The van der Waals surface area contributed by atoms with E-state index >= 15 is 0 Å². The predicted octanol–water partition coefficient (Wildman–Crippen LogP) is 21.0. The zero-order valence-electron chi connectivity index (χ0n) is 94.7. The number of alkyl carbamates (subject to hydrolysis) is 5. The number of aliphatic imine (C=N–C) groups is 1. The SMILES string of the molecule is CC(C)(C)OC(=O)N1COC(=O)[C@H]2CC(c3cccc(Br)c3)=CCC21.C[Si](C)(C)[O-].Cc1cccc(C2=CCC(NC(=O)OC(C)(C)C)[C@@H](C(=O)O)C2)c1.Cc1cccc(C2=CCC(NC(=O)OC(C)(C)C)[C@@H](N(C)C)C2)c1.Cc1cccc(C2=CCC(NC(=O)OC(C)(C)C)[C@@H](N)C2)c1.Cc1cccc(C2=CCC(NC(=O)OC(C)(C)C)[C@@H](N=C=O)C2)c1.Cc1cccc(C2CCC(NC(=O)OC(C)(C)C)[C@@H](N(C)C)C2)c1.Cl.[K+]. The maximum Gasteiger partial charge on any atom is 1.00 e. The second kappa shape index (κ2) is 59.2. The number of likely N-dealkylation sites (N-methyl/N-ethyl adjacent to an activating group) is 2. The molecule has 0 bridgehead atoms. The maximum atomic E-state index is 12.5. The summed E-state index contributed by atoms with van der Waals surface area (Å²) in [5, 5.41) is 24.1. The van der Waals surface area contributed by atoms with Gasteiger partial charge >= 0.3 is 99.9 Å². The molecule has 32 heteroatoms. The first-order valence-corrected chi connectivity index (χ1v) is 55.7. The smallest absolute Gasteiger partial charge is 0.859 e. The van der Waals surface area contributed by atoms with E-state index in [4.69, 9.17) is 38.9 Å². The van der Waals surface area contributed by atoms with Gasteiger partial charge in [0.15, 0.2) is 6.73 Å². The van der Waals surface area contributed by atoms with Crippen molar-refractivity contribution in [2.24, 2.45) is 22.6 Å². The Morgan fingerprint density at radius 3 is 1.19 bits per heavy atom. The molecule has 6 aromatic rings. The number of aryl methyl sites for hydroxylation is 5. The number of fused-ring (bicyclic) bond motifs is 1. The van der Waals surface area contributed by atoms with Crippen LogP contribution in [0, 0.1) is 46.5 Å². The number of allylic oxidation sites excluding steroid dienone is 2. The van der Waals surface area contributed by atoms with Crippen molar-refractivity contribution >= 4 is 119 Å². The van der Waals surface area contributed by atoms with Gasteiger partial charge in [0.25, 0.3) is 0 Å². The van der Waals surface area contributed by atoms with Crippen molar-refractivity contribution < 1.29 is 138 Å². The number of carbonyl (C=O) groups excluding carboxylic acids is 8. The van der Waals surface area contributed by atoms with Crippen molar-refractivity contribution in [3.63, 3.8) is 0 Å². The van der Waals surface area contributed by atoms with Gasteiger partial charge < -0.3 is 85.2 Å². The summed E-state index contributed by atoms with van der Waals surface area (Å²) in [6.45, 7) is 48.8. The number of nitrogens with two attached hydrogens (primary N) is 1.